The average Bonchev–Trinajstić information content (AvgIpc) is 3.03. The van der Waals surface area contributed by atoms with E-state index in [1.165, 1.54) is 18.5 Å². The number of rotatable bonds is 5. The molecule has 1 aliphatic rings. The second-order valence-corrected chi connectivity index (χ2v) is 6.40. The van der Waals surface area contributed by atoms with E-state index >= 15 is 0 Å². The third-order valence-corrected chi connectivity index (χ3v) is 4.71. The second kappa shape index (κ2) is 7.15. The molecule has 1 fully saturated rings. The van der Waals surface area contributed by atoms with Crippen molar-refractivity contribution >= 4 is 0 Å². The Morgan fingerprint density at radius 3 is 2.96 bits per heavy atom. The van der Waals surface area contributed by atoms with Gasteiger partial charge in [0.2, 0.25) is 0 Å². The van der Waals surface area contributed by atoms with Crippen LogP contribution in [0.1, 0.15) is 25.5 Å². The monoisotopic (exact) mass is 314 g/mol. The molecular weight excluding hydrogens is 288 g/mol. The van der Waals surface area contributed by atoms with Gasteiger partial charge in [0.15, 0.2) is 0 Å². The van der Waals surface area contributed by atoms with Crippen LogP contribution in [0.15, 0.2) is 36.5 Å². The highest BCUT2D eigenvalue weighted by atomic mass is 16.5. The van der Waals surface area contributed by atoms with Gasteiger partial charge in [0, 0.05) is 25.3 Å². The maximum Gasteiger partial charge on any atom is 0.144 e. The van der Waals surface area contributed by atoms with Crippen LogP contribution in [0.3, 0.4) is 0 Å². The number of methoxy groups -OCH3 is 1. The first-order chi connectivity index (χ1) is 11.2. The van der Waals surface area contributed by atoms with Crippen LogP contribution in [-0.2, 0) is 6.54 Å². The van der Waals surface area contributed by atoms with Crippen LogP contribution in [0.25, 0.3) is 5.69 Å². The number of nitrogens with zero attached hydrogens (tertiary/aromatic N) is 3. The van der Waals surface area contributed by atoms with Crippen LogP contribution in [0.4, 0.5) is 0 Å². The lowest BCUT2D eigenvalue weighted by molar-refractivity contribution is 0.152. The van der Waals surface area contributed by atoms with E-state index in [4.69, 9.17) is 10.5 Å². The van der Waals surface area contributed by atoms with E-state index in [0.29, 0.717) is 5.92 Å². The lowest BCUT2D eigenvalue weighted by Gasteiger charge is -2.34. The lowest BCUT2D eigenvalue weighted by atomic mass is 9.92. The van der Waals surface area contributed by atoms with Gasteiger partial charge in [-0.05, 0) is 50.4 Å². The predicted molar refractivity (Wildman–Crippen MR) is 91.8 cm³/mol. The Labute approximate surface area is 138 Å². The molecule has 0 amide bonds. The Morgan fingerprint density at radius 2 is 2.17 bits per heavy atom. The summed E-state index contributed by atoms with van der Waals surface area (Å²) in [4.78, 5) is 2.49. The van der Waals surface area contributed by atoms with Gasteiger partial charge in [-0.2, -0.15) is 5.10 Å². The molecule has 3 rings (SSSR count). The standard InChI is InChI=1S/C18H26N4O/c1-14(19)15-6-5-11-21(12-15)13-16-9-10-20-22(16)17-7-3-4-8-18(17)23-2/h3-4,7-10,14-15H,5-6,11-13,19H2,1-2H3. The molecule has 0 radical (unpaired) electrons. The summed E-state index contributed by atoms with van der Waals surface area (Å²) < 4.78 is 7.45. The van der Waals surface area contributed by atoms with E-state index in [1.807, 2.05) is 35.1 Å². The van der Waals surface area contributed by atoms with Gasteiger partial charge in [0.05, 0.1) is 12.8 Å². The number of hydrogen-bond acceptors (Lipinski definition) is 4. The van der Waals surface area contributed by atoms with Gasteiger partial charge < -0.3 is 10.5 Å². The number of ether oxygens (including phenoxy) is 1. The number of aromatic nitrogens is 2. The van der Waals surface area contributed by atoms with Crippen molar-refractivity contribution < 1.29 is 4.74 Å². The number of para-hydroxylation sites is 2. The molecule has 0 aliphatic carbocycles. The number of piperidine rings is 1. The molecule has 23 heavy (non-hydrogen) atoms. The highest BCUT2D eigenvalue weighted by Gasteiger charge is 2.23. The van der Waals surface area contributed by atoms with Crippen molar-refractivity contribution in [3.05, 3.63) is 42.2 Å². The minimum Gasteiger partial charge on any atom is -0.494 e. The fraction of sp³-hybridized carbons (Fsp3) is 0.500. The topological polar surface area (TPSA) is 56.3 Å². The largest absolute Gasteiger partial charge is 0.494 e. The average molecular weight is 314 g/mol. The van der Waals surface area contributed by atoms with Gasteiger partial charge in [0.1, 0.15) is 11.4 Å². The molecule has 124 valence electrons. The minimum absolute atomic E-state index is 0.261. The molecule has 1 aliphatic heterocycles. The number of hydrogen-bond donors (Lipinski definition) is 1. The van der Waals surface area contributed by atoms with Crippen LogP contribution >= 0.6 is 0 Å². The smallest absolute Gasteiger partial charge is 0.144 e. The van der Waals surface area contributed by atoms with Crippen molar-refractivity contribution in [3.63, 3.8) is 0 Å². The van der Waals surface area contributed by atoms with Gasteiger partial charge in [-0.25, -0.2) is 4.68 Å². The van der Waals surface area contributed by atoms with E-state index in [9.17, 15) is 0 Å². The van der Waals surface area contributed by atoms with Gasteiger partial charge in [-0.15, -0.1) is 0 Å². The Morgan fingerprint density at radius 1 is 1.35 bits per heavy atom. The SMILES string of the molecule is COc1ccccc1-n1nccc1CN1CCCC(C(C)N)C1. The molecule has 5 heteroatoms. The number of likely N-dealkylation sites (tertiary alicyclic amines) is 1. The molecule has 2 atom stereocenters. The van der Waals surface area contributed by atoms with Crippen molar-refractivity contribution in [1.29, 1.82) is 0 Å². The highest BCUT2D eigenvalue weighted by molar-refractivity contribution is 5.46. The Bertz CT molecular complexity index is 637. The minimum atomic E-state index is 0.261. The summed E-state index contributed by atoms with van der Waals surface area (Å²) in [5.74, 6) is 1.43. The van der Waals surface area contributed by atoms with Crippen LogP contribution in [0.5, 0.6) is 5.75 Å². The molecule has 2 N–H and O–H groups in total. The maximum atomic E-state index is 6.10. The Hall–Kier alpha value is -1.85. The summed E-state index contributed by atoms with van der Waals surface area (Å²) in [6.07, 6.45) is 4.31. The van der Waals surface area contributed by atoms with Crippen molar-refractivity contribution in [3.8, 4) is 11.4 Å². The molecule has 5 nitrogen and oxygen atoms in total. The third-order valence-electron chi connectivity index (χ3n) is 4.71. The second-order valence-electron chi connectivity index (χ2n) is 6.40. The number of benzene rings is 1. The van der Waals surface area contributed by atoms with Gasteiger partial charge in [-0.3, -0.25) is 4.90 Å². The zero-order valence-electron chi connectivity index (χ0n) is 14.0. The fourth-order valence-electron chi connectivity index (χ4n) is 3.37. The molecule has 0 saturated carbocycles. The first kappa shape index (κ1) is 16.0. The first-order valence-electron chi connectivity index (χ1n) is 8.33. The molecule has 1 saturated heterocycles. The lowest BCUT2D eigenvalue weighted by Crippen LogP contribution is -2.42. The summed E-state index contributed by atoms with van der Waals surface area (Å²) >= 11 is 0. The van der Waals surface area contributed by atoms with Crippen LogP contribution < -0.4 is 10.5 Å². The van der Waals surface area contributed by atoms with Crippen molar-refractivity contribution in [2.45, 2.75) is 32.4 Å². The maximum absolute atomic E-state index is 6.10. The predicted octanol–water partition coefficient (Wildman–Crippen LogP) is 2.44. The number of nitrogens with two attached hydrogens (primary N) is 1. The zero-order valence-corrected chi connectivity index (χ0v) is 14.0. The molecule has 2 aromatic rings. The molecule has 2 unspecified atom stereocenters. The zero-order chi connectivity index (χ0) is 16.2. The van der Waals surface area contributed by atoms with Crippen LogP contribution in [0.2, 0.25) is 0 Å². The van der Waals surface area contributed by atoms with Crippen molar-refractivity contribution in [1.82, 2.24) is 14.7 Å². The quantitative estimate of drug-likeness (QED) is 0.921. The molecule has 1 aromatic carbocycles. The molecular formula is C18H26N4O. The van der Waals surface area contributed by atoms with Gasteiger partial charge >= 0.3 is 0 Å². The Kier molecular flexibility index (Phi) is 4.98. The van der Waals surface area contributed by atoms with Crippen molar-refractivity contribution in [2.75, 3.05) is 20.2 Å². The van der Waals surface area contributed by atoms with E-state index in [0.717, 1.165) is 31.1 Å². The van der Waals surface area contributed by atoms with E-state index in [-0.39, 0.29) is 6.04 Å². The van der Waals surface area contributed by atoms with Gasteiger partial charge in [0.25, 0.3) is 0 Å². The summed E-state index contributed by atoms with van der Waals surface area (Å²) in [5.41, 5.74) is 8.26. The van der Waals surface area contributed by atoms with Crippen LogP contribution in [0, 0.1) is 5.92 Å². The van der Waals surface area contributed by atoms with Crippen molar-refractivity contribution in [2.24, 2.45) is 11.7 Å². The van der Waals surface area contributed by atoms with E-state index < -0.39 is 0 Å². The first-order valence-corrected chi connectivity index (χ1v) is 8.33. The highest BCUT2D eigenvalue weighted by Crippen LogP contribution is 2.25. The summed E-state index contributed by atoms with van der Waals surface area (Å²) in [5, 5.41) is 4.50. The normalized spacial score (nSPS) is 20.4. The third kappa shape index (κ3) is 3.57. The molecule has 1 aromatic heterocycles. The summed E-state index contributed by atoms with van der Waals surface area (Å²) in [6, 6.07) is 10.3. The Balaban J connectivity index is 1.79. The van der Waals surface area contributed by atoms with E-state index in [1.54, 1.807) is 7.11 Å². The van der Waals surface area contributed by atoms with Crippen LogP contribution in [-0.4, -0.2) is 40.9 Å². The fourth-order valence-corrected chi connectivity index (χ4v) is 3.37. The molecule has 0 bridgehead atoms. The van der Waals surface area contributed by atoms with E-state index in [2.05, 4.69) is 23.0 Å². The molecule has 0 spiro atoms. The summed E-state index contributed by atoms with van der Waals surface area (Å²) in [7, 11) is 1.69. The summed E-state index contributed by atoms with van der Waals surface area (Å²) in [6.45, 7) is 5.20. The molecule has 2 heterocycles. The van der Waals surface area contributed by atoms with Gasteiger partial charge in [-0.1, -0.05) is 12.1 Å².